The van der Waals surface area contributed by atoms with Gasteiger partial charge >= 0.3 is 0 Å². The van der Waals surface area contributed by atoms with E-state index in [2.05, 4.69) is 20.3 Å². The lowest BCUT2D eigenvalue weighted by Gasteiger charge is -2.03. The summed E-state index contributed by atoms with van der Waals surface area (Å²) in [7, 11) is 0. The third kappa shape index (κ3) is 2.31. The van der Waals surface area contributed by atoms with Gasteiger partial charge in [-0.25, -0.2) is 4.98 Å². The maximum Gasteiger partial charge on any atom is 0.215 e. The minimum absolute atomic E-state index is 0.629. The molecule has 1 aliphatic rings. The van der Waals surface area contributed by atoms with Gasteiger partial charge < -0.3 is 15.0 Å². The van der Waals surface area contributed by atoms with Gasteiger partial charge in [-0.3, -0.25) is 0 Å². The van der Waals surface area contributed by atoms with Crippen molar-refractivity contribution >= 4 is 11.2 Å². The van der Waals surface area contributed by atoms with Gasteiger partial charge in [0.25, 0.3) is 0 Å². The number of hydrogen-bond donors (Lipinski definition) is 2. The highest BCUT2D eigenvalue weighted by molar-refractivity contribution is 5.71. The van der Waals surface area contributed by atoms with Crippen LogP contribution in [0.3, 0.4) is 0 Å². The lowest BCUT2D eigenvalue weighted by Crippen LogP contribution is -2.11. The van der Waals surface area contributed by atoms with Crippen molar-refractivity contribution in [2.24, 2.45) is 5.92 Å². The molecule has 0 bridgehead atoms. The molecule has 18 heavy (non-hydrogen) atoms. The summed E-state index contributed by atoms with van der Waals surface area (Å²) in [4.78, 5) is 12.3. The summed E-state index contributed by atoms with van der Waals surface area (Å²) in [5, 5.41) is 3.37. The molecule has 5 nitrogen and oxygen atoms in total. The van der Waals surface area contributed by atoms with Crippen molar-refractivity contribution in [3.05, 3.63) is 18.0 Å². The lowest BCUT2D eigenvalue weighted by molar-refractivity contribution is 0.328. The molecule has 0 spiro atoms. The molecule has 0 aromatic carbocycles. The van der Waals surface area contributed by atoms with Crippen molar-refractivity contribution in [3.63, 3.8) is 0 Å². The van der Waals surface area contributed by atoms with Gasteiger partial charge in [-0.2, -0.15) is 4.98 Å². The van der Waals surface area contributed by atoms with E-state index < -0.39 is 0 Å². The summed E-state index contributed by atoms with van der Waals surface area (Å²) in [6.45, 7) is 4.80. The van der Waals surface area contributed by atoms with Crippen LogP contribution in [-0.2, 0) is 6.42 Å². The first-order chi connectivity index (χ1) is 8.85. The van der Waals surface area contributed by atoms with E-state index in [1.165, 1.54) is 6.42 Å². The molecule has 3 heterocycles. The standard InChI is InChI=1S/C13H18N4O/c1-2-18-12-4-3-10-13(17-12)16-11(15-10)7-9-5-6-14-8-9/h3-4,9,14H,2,5-8H2,1H3,(H,15,16,17). The zero-order chi connectivity index (χ0) is 12.4. The minimum Gasteiger partial charge on any atom is -0.478 e. The molecule has 0 saturated carbocycles. The number of nitrogens with one attached hydrogen (secondary N) is 2. The van der Waals surface area contributed by atoms with Crippen LogP contribution in [0.4, 0.5) is 0 Å². The number of pyridine rings is 1. The summed E-state index contributed by atoms with van der Waals surface area (Å²) in [6, 6.07) is 3.86. The van der Waals surface area contributed by atoms with Gasteiger partial charge in [0.05, 0.1) is 12.1 Å². The molecular weight excluding hydrogens is 228 g/mol. The maximum absolute atomic E-state index is 5.38. The van der Waals surface area contributed by atoms with E-state index in [1.807, 2.05) is 19.1 Å². The van der Waals surface area contributed by atoms with Crippen LogP contribution in [-0.4, -0.2) is 34.6 Å². The van der Waals surface area contributed by atoms with Crippen LogP contribution < -0.4 is 10.1 Å². The second-order valence-electron chi connectivity index (χ2n) is 4.70. The Labute approximate surface area is 106 Å². The molecule has 2 N–H and O–H groups in total. The number of H-pyrrole nitrogens is 1. The van der Waals surface area contributed by atoms with Gasteiger partial charge in [0.2, 0.25) is 5.88 Å². The molecule has 1 unspecified atom stereocenters. The number of rotatable bonds is 4. The highest BCUT2D eigenvalue weighted by Crippen LogP contribution is 2.18. The number of aromatic nitrogens is 3. The Morgan fingerprint density at radius 1 is 1.39 bits per heavy atom. The average Bonchev–Trinajstić information content (AvgIpc) is 2.98. The number of hydrogen-bond acceptors (Lipinski definition) is 4. The molecule has 0 radical (unpaired) electrons. The van der Waals surface area contributed by atoms with Crippen molar-refractivity contribution in [2.45, 2.75) is 19.8 Å². The van der Waals surface area contributed by atoms with Gasteiger partial charge in [-0.1, -0.05) is 0 Å². The normalized spacial score (nSPS) is 19.5. The Morgan fingerprint density at radius 3 is 3.11 bits per heavy atom. The average molecular weight is 246 g/mol. The van der Waals surface area contributed by atoms with Crippen LogP contribution in [0.1, 0.15) is 19.2 Å². The lowest BCUT2D eigenvalue weighted by atomic mass is 10.1. The zero-order valence-corrected chi connectivity index (χ0v) is 10.6. The molecule has 0 amide bonds. The fraction of sp³-hybridized carbons (Fsp3) is 0.538. The summed E-state index contributed by atoms with van der Waals surface area (Å²) in [5.41, 5.74) is 1.74. The Kier molecular flexibility index (Phi) is 3.15. The molecule has 5 heteroatoms. The molecular formula is C13H18N4O. The molecule has 1 fully saturated rings. The molecule has 1 atom stereocenters. The fourth-order valence-electron chi connectivity index (χ4n) is 2.41. The maximum atomic E-state index is 5.38. The quantitative estimate of drug-likeness (QED) is 0.858. The Hall–Kier alpha value is -1.62. The number of imidazole rings is 1. The van der Waals surface area contributed by atoms with Crippen LogP contribution in [0.25, 0.3) is 11.2 Å². The van der Waals surface area contributed by atoms with Crippen molar-refractivity contribution < 1.29 is 4.74 Å². The third-order valence-corrected chi connectivity index (χ3v) is 3.31. The van der Waals surface area contributed by atoms with Crippen LogP contribution in [0, 0.1) is 5.92 Å². The van der Waals surface area contributed by atoms with Gasteiger partial charge in [0.15, 0.2) is 5.65 Å². The van der Waals surface area contributed by atoms with Crippen molar-refractivity contribution in [2.75, 3.05) is 19.7 Å². The number of ether oxygens (including phenoxy) is 1. The fourth-order valence-corrected chi connectivity index (χ4v) is 2.41. The zero-order valence-electron chi connectivity index (χ0n) is 10.6. The number of aromatic amines is 1. The van der Waals surface area contributed by atoms with E-state index in [-0.39, 0.29) is 0 Å². The predicted molar refractivity (Wildman–Crippen MR) is 69.7 cm³/mol. The van der Waals surface area contributed by atoms with Crippen LogP contribution in [0.5, 0.6) is 5.88 Å². The highest BCUT2D eigenvalue weighted by Gasteiger charge is 2.17. The third-order valence-electron chi connectivity index (χ3n) is 3.31. The van der Waals surface area contributed by atoms with Crippen molar-refractivity contribution in [3.8, 4) is 5.88 Å². The predicted octanol–water partition coefficient (Wildman–Crippen LogP) is 1.51. The SMILES string of the molecule is CCOc1ccc2[nH]c(CC3CCNC3)nc2n1. The van der Waals surface area contributed by atoms with E-state index in [0.29, 0.717) is 18.4 Å². The highest BCUT2D eigenvalue weighted by atomic mass is 16.5. The molecule has 2 aromatic heterocycles. The second-order valence-corrected chi connectivity index (χ2v) is 4.70. The summed E-state index contributed by atoms with van der Waals surface area (Å²) in [6.07, 6.45) is 2.22. The van der Waals surface area contributed by atoms with Crippen LogP contribution in [0.2, 0.25) is 0 Å². The van der Waals surface area contributed by atoms with Crippen LogP contribution >= 0.6 is 0 Å². The van der Waals surface area contributed by atoms with Gasteiger partial charge in [-0.15, -0.1) is 0 Å². The summed E-state index contributed by atoms with van der Waals surface area (Å²) < 4.78 is 5.38. The van der Waals surface area contributed by atoms with E-state index >= 15 is 0 Å². The van der Waals surface area contributed by atoms with Gasteiger partial charge in [-0.05, 0) is 38.4 Å². The molecule has 2 aromatic rings. The second kappa shape index (κ2) is 4.94. The first-order valence-electron chi connectivity index (χ1n) is 6.54. The molecule has 96 valence electrons. The van der Waals surface area contributed by atoms with E-state index in [4.69, 9.17) is 4.74 Å². The van der Waals surface area contributed by atoms with E-state index in [1.54, 1.807) is 0 Å². The van der Waals surface area contributed by atoms with Crippen molar-refractivity contribution in [1.82, 2.24) is 20.3 Å². The Morgan fingerprint density at radius 2 is 2.33 bits per heavy atom. The molecule has 0 aliphatic carbocycles. The van der Waals surface area contributed by atoms with Crippen LogP contribution in [0.15, 0.2) is 12.1 Å². The summed E-state index contributed by atoms with van der Waals surface area (Å²) in [5.74, 6) is 2.36. The first kappa shape index (κ1) is 11.5. The smallest absolute Gasteiger partial charge is 0.215 e. The Balaban J connectivity index is 1.81. The number of fused-ring (bicyclic) bond motifs is 1. The number of nitrogens with zero attached hydrogens (tertiary/aromatic N) is 2. The largest absolute Gasteiger partial charge is 0.478 e. The molecule has 1 saturated heterocycles. The molecule has 1 aliphatic heterocycles. The van der Waals surface area contributed by atoms with Gasteiger partial charge in [0.1, 0.15) is 5.82 Å². The molecule has 3 rings (SSSR count). The minimum atomic E-state index is 0.629. The topological polar surface area (TPSA) is 62.8 Å². The Bertz CT molecular complexity index is 531. The monoisotopic (exact) mass is 246 g/mol. The first-order valence-corrected chi connectivity index (χ1v) is 6.54. The van der Waals surface area contributed by atoms with E-state index in [9.17, 15) is 0 Å². The summed E-state index contributed by atoms with van der Waals surface area (Å²) >= 11 is 0. The van der Waals surface area contributed by atoms with Crippen molar-refractivity contribution in [1.29, 1.82) is 0 Å². The van der Waals surface area contributed by atoms with Gasteiger partial charge in [0, 0.05) is 12.5 Å². The van der Waals surface area contributed by atoms with E-state index in [0.717, 1.165) is 36.5 Å².